The van der Waals surface area contributed by atoms with Crippen LogP contribution in [0.3, 0.4) is 0 Å². The van der Waals surface area contributed by atoms with Gasteiger partial charge in [0.2, 0.25) is 0 Å². The number of piperidine rings is 1. The number of nitrogens with zero attached hydrogens (tertiary/aromatic N) is 2. The maximum atomic E-state index is 13.7. The lowest BCUT2D eigenvalue weighted by Crippen LogP contribution is -2.36. The molecule has 50 heavy (non-hydrogen) atoms. The smallest absolute Gasteiger partial charge is 0.382 e. The molecule has 4 N–H and O–H groups in total. The summed E-state index contributed by atoms with van der Waals surface area (Å²) in [7, 11) is -1.45. The fourth-order valence-electron chi connectivity index (χ4n) is 5.61. The summed E-state index contributed by atoms with van der Waals surface area (Å²) in [5.74, 6) is 5.86. The van der Waals surface area contributed by atoms with Gasteiger partial charge in [0.25, 0.3) is 0 Å². The average Bonchev–Trinajstić information content (AvgIpc) is 3.40. The molecule has 0 radical (unpaired) electrons. The van der Waals surface area contributed by atoms with Crippen molar-refractivity contribution in [1.29, 1.82) is 0 Å². The number of nitrogens with one attached hydrogen (secondary N) is 2. The predicted octanol–water partition coefficient (Wildman–Crippen LogP) is 4.10. The van der Waals surface area contributed by atoms with E-state index in [2.05, 4.69) is 34.4 Å². The highest BCUT2D eigenvalue weighted by molar-refractivity contribution is 7.90. The van der Waals surface area contributed by atoms with Gasteiger partial charge in [0, 0.05) is 35.6 Å². The summed E-state index contributed by atoms with van der Waals surface area (Å²) in [5, 5.41) is 7.36. The number of fused-ring (bicyclic) bond motifs is 1. The third kappa shape index (κ3) is 12.8. The van der Waals surface area contributed by atoms with Gasteiger partial charge in [-0.05, 0) is 80.9 Å². The second kappa shape index (κ2) is 19.3. The first-order valence-corrected chi connectivity index (χ1v) is 18.5. The lowest BCUT2D eigenvalue weighted by atomic mass is 10.0. The van der Waals surface area contributed by atoms with Crippen LogP contribution in [0, 0.1) is 11.8 Å². The highest BCUT2D eigenvalue weighted by atomic mass is 32.2. The number of rotatable bonds is 19. The Kier molecular flexibility index (Phi) is 15.2. The van der Waals surface area contributed by atoms with Crippen LogP contribution in [0.2, 0.25) is 0 Å². The molecule has 0 bridgehead atoms. The van der Waals surface area contributed by atoms with E-state index in [4.69, 9.17) is 24.7 Å². The van der Waals surface area contributed by atoms with Crippen molar-refractivity contribution < 1.29 is 40.5 Å². The van der Waals surface area contributed by atoms with E-state index < -0.39 is 22.6 Å². The van der Waals surface area contributed by atoms with Gasteiger partial charge in [-0.3, -0.25) is 0 Å². The lowest BCUT2D eigenvalue weighted by Gasteiger charge is -2.30. The summed E-state index contributed by atoms with van der Waals surface area (Å²) in [6, 6.07) is 12.1. The number of ether oxygens (including phenoxy) is 4. The zero-order chi connectivity index (χ0) is 36.0. The minimum atomic E-state index is -4.43. The second-order valence-corrected chi connectivity index (χ2v) is 14.1. The Bertz CT molecular complexity index is 1680. The van der Waals surface area contributed by atoms with Gasteiger partial charge in [-0.25, -0.2) is 8.42 Å². The molecule has 0 aliphatic carbocycles. The number of hydrogen-bond donors (Lipinski definition) is 3. The van der Waals surface area contributed by atoms with Crippen LogP contribution < -0.4 is 16.4 Å². The maximum Gasteiger partial charge on any atom is 0.406 e. The molecular weight excluding hydrogens is 675 g/mol. The summed E-state index contributed by atoms with van der Waals surface area (Å²) in [4.78, 5) is 2.40. The van der Waals surface area contributed by atoms with Gasteiger partial charge in [-0.15, -0.1) is 0 Å². The van der Waals surface area contributed by atoms with Crippen LogP contribution in [-0.4, -0.2) is 116 Å². The van der Waals surface area contributed by atoms with E-state index in [1.54, 1.807) is 30.3 Å². The van der Waals surface area contributed by atoms with E-state index in [9.17, 15) is 21.6 Å². The molecule has 1 aliphatic rings. The van der Waals surface area contributed by atoms with Crippen molar-refractivity contribution in [2.24, 2.45) is 5.73 Å². The van der Waals surface area contributed by atoms with E-state index in [1.165, 1.54) is 10.6 Å². The average molecular weight is 724 g/mol. The van der Waals surface area contributed by atoms with E-state index in [0.717, 1.165) is 37.9 Å². The Balaban J connectivity index is 1.37. The summed E-state index contributed by atoms with van der Waals surface area (Å²) in [6.07, 6.45) is -1.40. The number of aromatic nitrogens is 1. The monoisotopic (exact) mass is 723 g/mol. The van der Waals surface area contributed by atoms with Gasteiger partial charge in [-0.1, -0.05) is 12.0 Å². The van der Waals surface area contributed by atoms with E-state index in [0.29, 0.717) is 68.3 Å². The molecule has 15 heteroatoms. The third-order valence-electron chi connectivity index (χ3n) is 8.05. The molecule has 4 rings (SSSR count). The fraction of sp³-hybridized carbons (Fsp3) is 0.543. The van der Waals surface area contributed by atoms with Crippen LogP contribution in [0.15, 0.2) is 47.4 Å². The SMILES string of the molecule is CN1CCC(Nc2cccc3c2cc(C#CCNc2ccc(S(C)(=O)=O)c(COCCOCCOCCOCCN)c2)n3CC(F)(F)F)CC1. The zero-order valence-corrected chi connectivity index (χ0v) is 29.5. The minimum absolute atomic E-state index is 0.0351. The Morgan fingerprint density at radius 1 is 0.940 bits per heavy atom. The molecule has 2 heterocycles. The molecule has 11 nitrogen and oxygen atoms in total. The van der Waals surface area contributed by atoms with Crippen molar-refractivity contribution in [2.75, 3.05) is 96.4 Å². The van der Waals surface area contributed by atoms with Crippen molar-refractivity contribution in [3.05, 3.63) is 53.7 Å². The fourth-order valence-corrected chi connectivity index (χ4v) is 6.52. The molecule has 0 saturated carbocycles. The first-order chi connectivity index (χ1) is 23.9. The van der Waals surface area contributed by atoms with Gasteiger partial charge in [0.15, 0.2) is 9.84 Å². The number of alkyl halides is 3. The van der Waals surface area contributed by atoms with Gasteiger partial charge in [0.1, 0.15) is 6.54 Å². The second-order valence-electron chi connectivity index (χ2n) is 12.1. The molecule has 1 aromatic heterocycles. The molecule has 0 unspecified atom stereocenters. The van der Waals surface area contributed by atoms with Crippen LogP contribution in [0.4, 0.5) is 24.5 Å². The van der Waals surface area contributed by atoms with Gasteiger partial charge in [-0.2, -0.15) is 13.2 Å². The summed E-state index contributed by atoms with van der Waals surface area (Å²) < 4.78 is 88.8. The molecule has 276 valence electrons. The number of sulfone groups is 1. The largest absolute Gasteiger partial charge is 0.406 e. The minimum Gasteiger partial charge on any atom is -0.382 e. The predicted molar refractivity (Wildman–Crippen MR) is 188 cm³/mol. The molecule has 1 fully saturated rings. The molecule has 3 aromatic rings. The van der Waals surface area contributed by atoms with Crippen molar-refractivity contribution in [1.82, 2.24) is 9.47 Å². The Morgan fingerprint density at radius 3 is 2.24 bits per heavy atom. The third-order valence-corrected chi connectivity index (χ3v) is 9.25. The van der Waals surface area contributed by atoms with Crippen LogP contribution in [0.1, 0.15) is 24.1 Å². The molecular formula is C35H48F3N5O6S. The van der Waals surface area contributed by atoms with Crippen LogP contribution >= 0.6 is 0 Å². The Morgan fingerprint density at radius 2 is 1.60 bits per heavy atom. The van der Waals surface area contributed by atoms with Crippen LogP contribution in [0.5, 0.6) is 0 Å². The normalized spacial score (nSPS) is 14.5. The summed E-state index contributed by atoms with van der Waals surface area (Å²) in [6.45, 7) is 4.10. The number of likely N-dealkylation sites (tertiary alicyclic amines) is 1. The molecule has 2 aromatic carbocycles. The van der Waals surface area contributed by atoms with Gasteiger partial charge >= 0.3 is 6.18 Å². The molecule has 0 atom stereocenters. The van der Waals surface area contributed by atoms with Gasteiger partial charge in [0.05, 0.1) is 75.5 Å². The Hall–Kier alpha value is -3.36. The maximum absolute atomic E-state index is 13.7. The first kappa shape index (κ1) is 39.4. The van der Waals surface area contributed by atoms with Gasteiger partial charge < -0.3 is 44.8 Å². The Labute approximate surface area is 292 Å². The topological polar surface area (TPSA) is 129 Å². The standard InChI is InChI=1S/C35H48F3N5O6S/c1-42-14-10-28(11-15-42)41-32-6-3-7-33-31(32)24-30(43(33)26-35(36,37)38)5-4-13-40-29-8-9-34(50(2,44)45)27(23-29)25-49-22-21-48-20-19-47-18-17-46-16-12-39/h3,6-9,23-24,28,40-41H,10-22,25-26,39H2,1-2H3. The number of benzene rings is 2. The van der Waals surface area contributed by atoms with E-state index >= 15 is 0 Å². The van der Waals surface area contributed by atoms with Crippen molar-refractivity contribution in [3.63, 3.8) is 0 Å². The number of anilines is 2. The zero-order valence-electron chi connectivity index (χ0n) is 28.7. The highest BCUT2D eigenvalue weighted by Gasteiger charge is 2.30. The number of hydrogen-bond acceptors (Lipinski definition) is 10. The van der Waals surface area contributed by atoms with Crippen molar-refractivity contribution in [2.45, 2.75) is 43.1 Å². The van der Waals surface area contributed by atoms with Crippen LogP contribution in [0.25, 0.3) is 10.9 Å². The summed E-state index contributed by atoms with van der Waals surface area (Å²) >= 11 is 0. The number of halogens is 3. The van der Waals surface area contributed by atoms with E-state index in [-0.39, 0.29) is 36.4 Å². The molecule has 0 amide bonds. The van der Waals surface area contributed by atoms with Crippen LogP contribution in [-0.2, 0) is 41.9 Å². The number of nitrogens with two attached hydrogens (primary N) is 1. The van der Waals surface area contributed by atoms with E-state index in [1.807, 2.05) is 6.07 Å². The molecule has 0 spiro atoms. The molecule has 1 aliphatic heterocycles. The lowest BCUT2D eigenvalue weighted by molar-refractivity contribution is -0.140. The first-order valence-electron chi connectivity index (χ1n) is 16.7. The summed E-state index contributed by atoms with van der Waals surface area (Å²) in [5.41, 5.74) is 7.91. The highest BCUT2D eigenvalue weighted by Crippen LogP contribution is 2.31. The quantitative estimate of drug-likeness (QED) is 0.123. The molecule has 1 saturated heterocycles. The van der Waals surface area contributed by atoms with Crippen molar-refractivity contribution in [3.8, 4) is 11.8 Å². The van der Waals surface area contributed by atoms with Crippen molar-refractivity contribution >= 4 is 32.1 Å².